The van der Waals surface area contributed by atoms with Crippen LogP contribution in [0.1, 0.15) is 12.5 Å². The highest BCUT2D eigenvalue weighted by Crippen LogP contribution is 2.26. The van der Waals surface area contributed by atoms with Crippen LogP contribution in [-0.4, -0.2) is 28.8 Å². The molecule has 0 spiro atoms. The van der Waals surface area contributed by atoms with Crippen LogP contribution in [0.15, 0.2) is 29.7 Å². The molecule has 5 heteroatoms. The summed E-state index contributed by atoms with van der Waals surface area (Å²) < 4.78 is 7.28. The molecule has 15 heavy (non-hydrogen) atoms. The minimum absolute atomic E-state index is 0.104. The molecule has 0 amide bonds. The van der Waals surface area contributed by atoms with E-state index in [1.54, 1.807) is 0 Å². The van der Waals surface area contributed by atoms with E-state index in [1.807, 2.05) is 29.1 Å². The first-order valence-electron chi connectivity index (χ1n) is 5.00. The van der Waals surface area contributed by atoms with Gasteiger partial charge in [0.25, 0.3) is 0 Å². The van der Waals surface area contributed by atoms with E-state index in [9.17, 15) is 0 Å². The van der Waals surface area contributed by atoms with Gasteiger partial charge >= 0.3 is 0 Å². The molecule has 82 valence electrons. The van der Waals surface area contributed by atoms with Crippen LogP contribution in [0.5, 0.6) is 0 Å². The van der Waals surface area contributed by atoms with Crippen molar-refractivity contribution in [1.29, 1.82) is 0 Å². The van der Waals surface area contributed by atoms with Crippen LogP contribution >= 0.6 is 0 Å². The Morgan fingerprint density at radius 2 is 2.27 bits per heavy atom. The Labute approximate surface area is 88.1 Å². The Morgan fingerprint density at radius 1 is 1.53 bits per heavy atom. The monoisotopic (exact) mass is 209 g/mol. The number of hydrogen-bond donors (Lipinski definition) is 2. The summed E-state index contributed by atoms with van der Waals surface area (Å²) in [5.41, 5.74) is 5.71. The number of nitrogens with two attached hydrogens (primary N) is 1. The lowest BCUT2D eigenvalue weighted by atomic mass is 9.98. The van der Waals surface area contributed by atoms with Crippen molar-refractivity contribution >= 4 is 5.84 Å². The summed E-state index contributed by atoms with van der Waals surface area (Å²) in [6.07, 6.45) is 4.78. The van der Waals surface area contributed by atoms with Gasteiger partial charge in [-0.3, -0.25) is 0 Å². The standard InChI is InChI=1S/C10H15N3O2/c11-10(12-14)9(8-3-6-15-7-8)13-4-1-2-5-13/h1-2,4-5,8-9,14H,3,6-7H2,(H2,11,12)/t8-,9+/m1/s1. The highest BCUT2D eigenvalue weighted by molar-refractivity contribution is 5.84. The summed E-state index contributed by atoms with van der Waals surface area (Å²) in [6.45, 7) is 1.42. The quantitative estimate of drug-likeness (QED) is 0.335. The molecule has 2 atom stereocenters. The number of amidine groups is 1. The van der Waals surface area contributed by atoms with Gasteiger partial charge in [-0.2, -0.15) is 0 Å². The van der Waals surface area contributed by atoms with Crippen LogP contribution in [0.2, 0.25) is 0 Å². The van der Waals surface area contributed by atoms with Crippen molar-refractivity contribution in [2.24, 2.45) is 16.8 Å². The minimum atomic E-state index is -0.104. The predicted molar refractivity (Wildman–Crippen MR) is 55.8 cm³/mol. The van der Waals surface area contributed by atoms with Crippen molar-refractivity contribution in [1.82, 2.24) is 4.57 Å². The Bertz CT molecular complexity index is 328. The molecule has 1 saturated heterocycles. The Kier molecular flexibility index (Phi) is 2.91. The van der Waals surface area contributed by atoms with Gasteiger partial charge in [-0.05, 0) is 18.6 Å². The highest BCUT2D eigenvalue weighted by atomic mass is 16.5. The molecule has 0 radical (unpaired) electrons. The fourth-order valence-corrected chi connectivity index (χ4v) is 2.03. The maximum Gasteiger partial charge on any atom is 0.162 e. The molecule has 3 N–H and O–H groups in total. The van der Waals surface area contributed by atoms with Gasteiger partial charge in [0.1, 0.15) is 0 Å². The van der Waals surface area contributed by atoms with Gasteiger partial charge in [-0.1, -0.05) is 5.16 Å². The molecule has 0 aromatic carbocycles. The lowest BCUT2D eigenvalue weighted by Gasteiger charge is -2.22. The predicted octanol–water partition coefficient (Wildman–Crippen LogP) is 0.812. The van der Waals surface area contributed by atoms with Crippen molar-refractivity contribution < 1.29 is 9.94 Å². The molecule has 1 aromatic rings. The summed E-state index contributed by atoms with van der Waals surface area (Å²) in [5, 5.41) is 11.9. The second kappa shape index (κ2) is 4.35. The van der Waals surface area contributed by atoms with Crippen molar-refractivity contribution in [3.8, 4) is 0 Å². The van der Waals surface area contributed by atoms with E-state index in [-0.39, 0.29) is 17.8 Å². The molecule has 0 aliphatic carbocycles. The first kappa shape index (κ1) is 10.0. The fourth-order valence-electron chi connectivity index (χ4n) is 2.03. The van der Waals surface area contributed by atoms with E-state index in [0.29, 0.717) is 6.61 Å². The smallest absolute Gasteiger partial charge is 0.162 e. The summed E-state index contributed by atoms with van der Waals surface area (Å²) in [7, 11) is 0. The molecule has 1 aliphatic rings. The van der Waals surface area contributed by atoms with Gasteiger partial charge in [0.05, 0.1) is 12.6 Å². The maximum atomic E-state index is 8.77. The van der Waals surface area contributed by atoms with E-state index >= 15 is 0 Å². The first-order valence-corrected chi connectivity index (χ1v) is 5.00. The van der Waals surface area contributed by atoms with E-state index in [2.05, 4.69) is 5.16 Å². The van der Waals surface area contributed by atoms with Gasteiger partial charge in [-0.15, -0.1) is 0 Å². The molecule has 2 heterocycles. The van der Waals surface area contributed by atoms with Crippen molar-refractivity contribution in [3.05, 3.63) is 24.5 Å². The van der Waals surface area contributed by atoms with Crippen molar-refractivity contribution in [2.75, 3.05) is 13.2 Å². The average molecular weight is 209 g/mol. The van der Waals surface area contributed by atoms with E-state index in [0.717, 1.165) is 13.0 Å². The largest absolute Gasteiger partial charge is 0.409 e. The molecule has 5 nitrogen and oxygen atoms in total. The Morgan fingerprint density at radius 3 is 2.80 bits per heavy atom. The third-order valence-corrected chi connectivity index (χ3v) is 2.78. The number of ether oxygens (including phenoxy) is 1. The van der Waals surface area contributed by atoms with Gasteiger partial charge in [0.2, 0.25) is 0 Å². The van der Waals surface area contributed by atoms with Crippen molar-refractivity contribution in [3.63, 3.8) is 0 Å². The molecule has 1 fully saturated rings. The van der Waals surface area contributed by atoms with Crippen LogP contribution in [0.4, 0.5) is 0 Å². The molecule has 1 aromatic heterocycles. The highest BCUT2D eigenvalue weighted by Gasteiger charge is 2.29. The summed E-state index contributed by atoms with van der Waals surface area (Å²) in [4.78, 5) is 0. The zero-order valence-electron chi connectivity index (χ0n) is 8.41. The number of hydrogen-bond acceptors (Lipinski definition) is 3. The van der Waals surface area contributed by atoms with Crippen LogP contribution in [0.3, 0.4) is 0 Å². The zero-order chi connectivity index (χ0) is 10.7. The zero-order valence-corrected chi connectivity index (χ0v) is 8.41. The van der Waals surface area contributed by atoms with Gasteiger partial charge in [-0.25, -0.2) is 0 Å². The van der Waals surface area contributed by atoms with Gasteiger partial charge in [0.15, 0.2) is 5.84 Å². The van der Waals surface area contributed by atoms with Crippen LogP contribution < -0.4 is 5.73 Å². The first-order chi connectivity index (χ1) is 7.33. The Balaban J connectivity index is 2.23. The molecule has 0 bridgehead atoms. The Hall–Kier alpha value is -1.49. The van der Waals surface area contributed by atoms with Crippen LogP contribution in [0, 0.1) is 5.92 Å². The van der Waals surface area contributed by atoms with Crippen LogP contribution in [-0.2, 0) is 4.74 Å². The molecule has 1 aliphatic heterocycles. The van der Waals surface area contributed by atoms with Crippen LogP contribution in [0.25, 0.3) is 0 Å². The number of nitrogens with zero attached hydrogens (tertiary/aromatic N) is 2. The van der Waals surface area contributed by atoms with Gasteiger partial charge in [0, 0.05) is 24.9 Å². The number of rotatable bonds is 3. The molecule has 0 unspecified atom stereocenters. The van der Waals surface area contributed by atoms with Gasteiger partial charge < -0.3 is 20.2 Å². The second-order valence-electron chi connectivity index (χ2n) is 3.72. The lowest BCUT2D eigenvalue weighted by molar-refractivity contribution is 0.179. The lowest BCUT2D eigenvalue weighted by Crippen LogP contribution is -2.32. The number of aromatic nitrogens is 1. The molecule has 2 rings (SSSR count). The SMILES string of the molecule is NC(=NO)[C@H]([C@@H]1CCOC1)n1cccc1. The summed E-state index contributed by atoms with van der Waals surface area (Å²) >= 11 is 0. The summed E-state index contributed by atoms with van der Waals surface area (Å²) in [6, 6.07) is 3.74. The maximum absolute atomic E-state index is 8.77. The van der Waals surface area contributed by atoms with E-state index in [1.165, 1.54) is 0 Å². The molecular formula is C10H15N3O2. The second-order valence-corrected chi connectivity index (χ2v) is 3.72. The fraction of sp³-hybridized carbons (Fsp3) is 0.500. The topological polar surface area (TPSA) is 72.8 Å². The van der Waals surface area contributed by atoms with E-state index < -0.39 is 0 Å². The third-order valence-electron chi connectivity index (χ3n) is 2.78. The minimum Gasteiger partial charge on any atom is -0.409 e. The summed E-state index contributed by atoms with van der Waals surface area (Å²) in [5.74, 6) is 0.523. The van der Waals surface area contributed by atoms with E-state index in [4.69, 9.17) is 15.7 Å². The third kappa shape index (κ3) is 1.97. The normalized spacial score (nSPS) is 24.3. The average Bonchev–Trinajstić information content (AvgIpc) is 2.90. The van der Waals surface area contributed by atoms with Crippen molar-refractivity contribution in [2.45, 2.75) is 12.5 Å². The molecular weight excluding hydrogens is 194 g/mol. The number of oxime groups is 1. The molecule has 0 saturated carbocycles.